The summed E-state index contributed by atoms with van der Waals surface area (Å²) >= 11 is 0. The minimum Gasteiger partial charge on any atom is -0.363 e. The lowest BCUT2D eigenvalue weighted by atomic mass is 9.81. The molecule has 0 saturated carbocycles. The maximum atomic E-state index is 12.2. The Labute approximate surface area is 94.6 Å². The summed E-state index contributed by atoms with van der Waals surface area (Å²) in [6.07, 6.45) is 5.79. The molecular formula is C11H17N3O2. The first-order valence-electron chi connectivity index (χ1n) is 5.68. The summed E-state index contributed by atoms with van der Waals surface area (Å²) in [4.78, 5) is 12.2. The third-order valence-corrected chi connectivity index (χ3v) is 3.14. The number of nitrogens with one attached hydrogen (secondary N) is 2. The van der Waals surface area contributed by atoms with Crippen LogP contribution in [0.5, 0.6) is 0 Å². The number of nitrogens with zero attached hydrogens (tertiary/aromatic N) is 1. The number of anilines is 1. The molecule has 1 aliphatic rings. The second-order valence-electron chi connectivity index (χ2n) is 4.32. The van der Waals surface area contributed by atoms with E-state index in [1.165, 1.54) is 12.5 Å². The standard InChI is InChI=1S/C11H17N3O2/c1-2-3-11(4-5-12-8-11)10(15)14-9-6-13-16-7-9/h6-7,12H,2-5,8H2,1H3,(H,14,15). The van der Waals surface area contributed by atoms with Gasteiger partial charge in [0.1, 0.15) is 12.0 Å². The highest BCUT2D eigenvalue weighted by Crippen LogP contribution is 2.32. The van der Waals surface area contributed by atoms with Crippen LogP contribution in [0.15, 0.2) is 17.0 Å². The Kier molecular flexibility index (Phi) is 3.24. The van der Waals surface area contributed by atoms with E-state index >= 15 is 0 Å². The molecule has 0 aromatic carbocycles. The fourth-order valence-electron chi connectivity index (χ4n) is 2.27. The summed E-state index contributed by atoms with van der Waals surface area (Å²) in [6.45, 7) is 3.78. The summed E-state index contributed by atoms with van der Waals surface area (Å²) in [5, 5.41) is 9.68. The minimum absolute atomic E-state index is 0.0718. The Hall–Kier alpha value is -1.36. The minimum atomic E-state index is -0.258. The topological polar surface area (TPSA) is 67.2 Å². The van der Waals surface area contributed by atoms with Crippen molar-refractivity contribution in [3.05, 3.63) is 12.5 Å². The first-order chi connectivity index (χ1) is 7.77. The zero-order valence-corrected chi connectivity index (χ0v) is 9.45. The fraction of sp³-hybridized carbons (Fsp3) is 0.636. The SMILES string of the molecule is CCCC1(C(=O)Nc2cnoc2)CCNC1. The predicted molar refractivity (Wildman–Crippen MR) is 60.0 cm³/mol. The molecule has 5 heteroatoms. The normalized spacial score (nSPS) is 24.6. The highest BCUT2D eigenvalue weighted by atomic mass is 16.5. The van der Waals surface area contributed by atoms with E-state index in [0.29, 0.717) is 5.69 Å². The molecule has 88 valence electrons. The molecule has 16 heavy (non-hydrogen) atoms. The molecule has 1 aromatic heterocycles. The molecule has 0 bridgehead atoms. The van der Waals surface area contributed by atoms with Gasteiger partial charge in [-0.3, -0.25) is 4.79 Å². The zero-order chi connectivity index (χ0) is 11.4. The van der Waals surface area contributed by atoms with Crippen molar-refractivity contribution < 1.29 is 9.32 Å². The van der Waals surface area contributed by atoms with Gasteiger partial charge in [0.15, 0.2) is 0 Å². The van der Waals surface area contributed by atoms with Gasteiger partial charge in [0.05, 0.1) is 11.6 Å². The second kappa shape index (κ2) is 4.65. The first-order valence-corrected chi connectivity index (χ1v) is 5.68. The predicted octanol–water partition coefficient (Wildman–Crippen LogP) is 1.39. The monoisotopic (exact) mass is 223 g/mol. The average Bonchev–Trinajstić information content (AvgIpc) is 2.89. The van der Waals surface area contributed by atoms with Crippen LogP contribution in [-0.2, 0) is 4.79 Å². The third-order valence-electron chi connectivity index (χ3n) is 3.14. The van der Waals surface area contributed by atoms with E-state index in [9.17, 15) is 4.79 Å². The Morgan fingerprint density at radius 1 is 1.75 bits per heavy atom. The summed E-state index contributed by atoms with van der Waals surface area (Å²) in [6, 6.07) is 0. The maximum Gasteiger partial charge on any atom is 0.232 e. The van der Waals surface area contributed by atoms with Gasteiger partial charge in [-0.15, -0.1) is 0 Å². The molecule has 1 fully saturated rings. The van der Waals surface area contributed by atoms with Crippen LogP contribution >= 0.6 is 0 Å². The van der Waals surface area contributed by atoms with Gasteiger partial charge in [-0.25, -0.2) is 0 Å². The summed E-state index contributed by atoms with van der Waals surface area (Å²) < 4.78 is 4.69. The van der Waals surface area contributed by atoms with E-state index in [2.05, 4.69) is 22.7 Å². The summed E-state index contributed by atoms with van der Waals surface area (Å²) in [5.74, 6) is 0.0718. The van der Waals surface area contributed by atoms with Gasteiger partial charge in [0.2, 0.25) is 5.91 Å². The van der Waals surface area contributed by atoms with Crippen molar-refractivity contribution in [3.8, 4) is 0 Å². The number of hydrogen-bond donors (Lipinski definition) is 2. The summed E-state index contributed by atoms with van der Waals surface area (Å²) in [7, 11) is 0. The Balaban J connectivity index is 2.05. The number of aromatic nitrogens is 1. The molecule has 2 rings (SSSR count). The smallest absolute Gasteiger partial charge is 0.232 e. The molecule has 0 radical (unpaired) electrons. The number of hydrogen-bond acceptors (Lipinski definition) is 4. The number of rotatable bonds is 4. The molecule has 2 heterocycles. The van der Waals surface area contributed by atoms with Crippen molar-refractivity contribution in [2.45, 2.75) is 26.2 Å². The van der Waals surface area contributed by atoms with Crippen molar-refractivity contribution in [1.82, 2.24) is 10.5 Å². The largest absolute Gasteiger partial charge is 0.363 e. The number of amides is 1. The van der Waals surface area contributed by atoms with E-state index in [0.717, 1.165) is 32.4 Å². The van der Waals surface area contributed by atoms with Crippen molar-refractivity contribution in [1.29, 1.82) is 0 Å². The molecule has 1 aliphatic heterocycles. The van der Waals surface area contributed by atoms with E-state index in [1.807, 2.05) is 0 Å². The first kappa shape index (κ1) is 11.1. The molecule has 0 spiro atoms. The van der Waals surface area contributed by atoms with Gasteiger partial charge in [0.25, 0.3) is 0 Å². The van der Waals surface area contributed by atoms with Gasteiger partial charge < -0.3 is 15.2 Å². The maximum absolute atomic E-state index is 12.2. The molecule has 1 atom stereocenters. The quantitative estimate of drug-likeness (QED) is 0.809. The van der Waals surface area contributed by atoms with Crippen LogP contribution < -0.4 is 10.6 Å². The Morgan fingerprint density at radius 2 is 2.62 bits per heavy atom. The fourth-order valence-corrected chi connectivity index (χ4v) is 2.27. The molecule has 1 amide bonds. The van der Waals surface area contributed by atoms with Crippen LogP contribution in [0.3, 0.4) is 0 Å². The van der Waals surface area contributed by atoms with Crippen molar-refractivity contribution >= 4 is 11.6 Å². The van der Waals surface area contributed by atoms with E-state index in [4.69, 9.17) is 4.52 Å². The molecule has 5 nitrogen and oxygen atoms in total. The van der Waals surface area contributed by atoms with Gasteiger partial charge in [-0.2, -0.15) is 0 Å². The average molecular weight is 223 g/mol. The van der Waals surface area contributed by atoms with Crippen LogP contribution in [0.25, 0.3) is 0 Å². The van der Waals surface area contributed by atoms with Gasteiger partial charge >= 0.3 is 0 Å². The zero-order valence-electron chi connectivity index (χ0n) is 9.45. The number of carbonyl (C=O) groups is 1. The van der Waals surface area contributed by atoms with E-state index in [1.54, 1.807) is 0 Å². The van der Waals surface area contributed by atoms with E-state index < -0.39 is 0 Å². The van der Waals surface area contributed by atoms with Crippen LogP contribution in [-0.4, -0.2) is 24.2 Å². The lowest BCUT2D eigenvalue weighted by Gasteiger charge is -2.25. The molecule has 1 saturated heterocycles. The van der Waals surface area contributed by atoms with Crippen LogP contribution in [0, 0.1) is 5.41 Å². The lowest BCUT2D eigenvalue weighted by molar-refractivity contribution is -0.125. The highest BCUT2D eigenvalue weighted by molar-refractivity contribution is 5.95. The molecular weight excluding hydrogens is 206 g/mol. The van der Waals surface area contributed by atoms with Crippen molar-refractivity contribution in [3.63, 3.8) is 0 Å². The van der Waals surface area contributed by atoms with Gasteiger partial charge in [-0.1, -0.05) is 18.5 Å². The Bertz CT molecular complexity index is 342. The Morgan fingerprint density at radius 3 is 3.19 bits per heavy atom. The molecule has 1 unspecified atom stereocenters. The second-order valence-corrected chi connectivity index (χ2v) is 4.32. The number of carbonyl (C=O) groups excluding carboxylic acids is 1. The van der Waals surface area contributed by atoms with Crippen molar-refractivity contribution in [2.24, 2.45) is 5.41 Å². The third kappa shape index (κ3) is 2.09. The van der Waals surface area contributed by atoms with E-state index in [-0.39, 0.29) is 11.3 Å². The van der Waals surface area contributed by atoms with Crippen LogP contribution in [0.2, 0.25) is 0 Å². The highest BCUT2D eigenvalue weighted by Gasteiger charge is 2.40. The lowest BCUT2D eigenvalue weighted by Crippen LogP contribution is -2.38. The summed E-state index contributed by atoms with van der Waals surface area (Å²) in [5.41, 5.74) is 0.374. The van der Waals surface area contributed by atoms with Crippen LogP contribution in [0.4, 0.5) is 5.69 Å². The van der Waals surface area contributed by atoms with Crippen molar-refractivity contribution in [2.75, 3.05) is 18.4 Å². The van der Waals surface area contributed by atoms with Gasteiger partial charge in [0, 0.05) is 6.54 Å². The molecule has 2 N–H and O–H groups in total. The van der Waals surface area contributed by atoms with Gasteiger partial charge in [-0.05, 0) is 19.4 Å². The molecule has 0 aliphatic carbocycles. The molecule has 1 aromatic rings. The van der Waals surface area contributed by atoms with Crippen LogP contribution in [0.1, 0.15) is 26.2 Å².